The Hall–Kier alpha value is -0.820. The minimum absolute atomic E-state index is 0.376. The van der Waals surface area contributed by atoms with Crippen molar-refractivity contribution < 1.29 is 0 Å². The van der Waals surface area contributed by atoms with Gasteiger partial charge in [0.15, 0.2) is 0 Å². The van der Waals surface area contributed by atoms with E-state index in [2.05, 4.69) is 63.3 Å². The molecule has 0 aromatic heterocycles. The van der Waals surface area contributed by atoms with Crippen molar-refractivity contribution in [1.29, 1.82) is 0 Å². The first-order valence-corrected chi connectivity index (χ1v) is 8.77. The third-order valence-corrected chi connectivity index (χ3v) is 5.40. The van der Waals surface area contributed by atoms with Gasteiger partial charge in [-0.15, -0.1) is 0 Å². The summed E-state index contributed by atoms with van der Waals surface area (Å²) in [5.74, 6) is 1.50. The Morgan fingerprint density at radius 2 is 1.67 bits per heavy atom. The molecule has 1 aliphatic carbocycles. The molecule has 0 heterocycles. The first-order chi connectivity index (χ1) is 9.98. The van der Waals surface area contributed by atoms with Crippen LogP contribution in [0.1, 0.15) is 71.4 Å². The van der Waals surface area contributed by atoms with Gasteiger partial charge >= 0.3 is 0 Å². The van der Waals surface area contributed by atoms with Gasteiger partial charge in [0.1, 0.15) is 0 Å². The van der Waals surface area contributed by atoms with E-state index in [0.717, 1.165) is 12.5 Å². The molecule has 1 N–H and O–H groups in total. The minimum atomic E-state index is 0.376. The molecule has 0 saturated heterocycles. The Balaban J connectivity index is 2.05. The Labute approximate surface area is 131 Å². The van der Waals surface area contributed by atoms with Crippen LogP contribution in [0.3, 0.4) is 0 Å². The van der Waals surface area contributed by atoms with E-state index in [9.17, 15) is 0 Å². The number of nitrogens with one attached hydrogen (secondary N) is 1. The van der Waals surface area contributed by atoms with E-state index < -0.39 is 0 Å². The van der Waals surface area contributed by atoms with Crippen LogP contribution in [0, 0.1) is 17.3 Å². The van der Waals surface area contributed by atoms with Crippen LogP contribution in [-0.4, -0.2) is 6.54 Å². The second-order valence-corrected chi connectivity index (χ2v) is 7.96. The normalized spacial score (nSPS) is 20.2. The maximum absolute atomic E-state index is 3.91. The molecule has 21 heavy (non-hydrogen) atoms. The Kier molecular flexibility index (Phi) is 5.87. The molecular weight excluding hydrogens is 254 g/mol. The molecule has 118 valence electrons. The molecule has 1 heteroatoms. The number of rotatable bonds is 5. The van der Waals surface area contributed by atoms with Crippen LogP contribution in [0.25, 0.3) is 0 Å². The summed E-state index contributed by atoms with van der Waals surface area (Å²) in [6.07, 6.45) is 7.01. The molecule has 0 bridgehead atoms. The highest BCUT2D eigenvalue weighted by molar-refractivity contribution is 5.20. The number of benzene rings is 1. The van der Waals surface area contributed by atoms with E-state index in [0.29, 0.717) is 17.4 Å². The predicted molar refractivity (Wildman–Crippen MR) is 92.4 cm³/mol. The zero-order valence-electron chi connectivity index (χ0n) is 14.4. The van der Waals surface area contributed by atoms with E-state index in [-0.39, 0.29) is 0 Å². The fraction of sp³-hybridized carbons (Fsp3) is 0.700. The molecule has 1 aliphatic rings. The van der Waals surface area contributed by atoms with Crippen molar-refractivity contribution >= 4 is 0 Å². The van der Waals surface area contributed by atoms with Crippen LogP contribution >= 0.6 is 0 Å². The van der Waals surface area contributed by atoms with Gasteiger partial charge in [0, 0.05) is 6.04 Å². The number of hydrogen-bond acceptors (Lipinski definition) is 1. The molecule has 0 radical (unpaired) electrons. The fourth-order valence-corrected chi connectivity index (χ4v) is 3.29. The second-order valence-electron chi connectivity index (χ2n) is 7.96. The van der Waals surface area contributed by atoms with Gasteiger partial charge in [-0.25, -0.2) is 0 Å². The van der Waals surface area contributed by atoms with Gasteiger partial charge in [-0.1, -0.05) is 77.3 Å². The SMILES string of the molecule is CC(CNC(c1ccccc1)C1CCCCC1)C(C)(C)C. The zero-order valence-corrected chi connectivity index (χ0v) is 14.4. The largest absolute Gasteiger partial charge is 0.309 e. The molecule has 2 rings (SSSR count). The van der Waals surface area contributed by atoms with Crippen molar-refractivity contribution in [3.8, 4) is 0 Å². The van der Waals surface area contributed by atoms with Crippen LogP contribution < -0.4 is 5.32 Å². The van der Waals surface area contributed by atoms with Crippen LogP contribution in [0.15, 0.2) is 30.3 Å². The van der Waals surface area contributed by atoms with E-state index in [1.54, 1.807) is 0 Å². The summed E-state index contributed by atoms with van der Waals surface area (Å²) in [6.45, 7) is 10.5. The Morgan fingerprint density at radius 1 is 1.05 bits per heavy atom. The lowest BCUT2D eigenvalue weighted by molar-refractivity contribution is 0.215. The van der Waals surface area contributed by atoms with Crippen molar-refractivity contribution in [2.75, 3.05) is 6.54 Å². The summed E-state index contributed by atoms with van der Waals surface area (Å²) in [5.41, 5.74) is 1.85. The van der Waals surface area contributed by atoms with Crippen molar-refractivity contribution in [1.82, 2.24) is 5.32 Å². The van der Waals surface area contributed by atoms with Gasteiger partial charge in [-0.3, -0.25) is 0 Å². The topological polar surface area (TPSA) is 12.0 Å². The predicted octanol–water partition coefficient (Wildman–Crippen LogP) is 5.58. The lowest BCUT2D eigenvalue weighted by atomic mass is 9.79. The first kappa shape index (κ1) is 16.5. The van der Waals surface area contributed by atoms with E-state index >= 15 is 0 Å². The standard InChI is InChI=1S/C20H33N/c1-16(20(2,3)4)15-21-19(17-11-7-5-8-12-17)18-13-9-6-10-14-18/h5,7-8,11-12,16,18-19,21H,6,9-10,13-15H2,1-4H3. The summed E-state index contributed by atoms with van der Waals surface area (Å²) in [4.78, 5) is 0. The lowest BCUT2D eigenvalue weighted by Crippen LogP contribution is -2.36. The molecular formula is C20H33N. The molecule has 0 spiro atoms. The van der Waals surface area contributed by atoms with Crippen LogP contribution in [0.5, 0.6) is 0 Å². The molecule has 2 unspecified atom stereocenters. The molecule has 2 atom stereocenters. The van der Waals surface area contributed by atoms with Gasteiger partial charge in [0.25, 0.3) is 0 Å². The molecule has 1 nitrogen and oxygen atoms in total. The maximum atomic E-state index is 3.91. The van der Waals surface area contributed by atoms with Crippen molar-refractivity contribution in [3.63, 3.8) is 0 Å². The van der Waals surface area contributed by atoms with Gasteiger partial charge in [-0.05, 0) is 42.2 Å². The van der Waals surface area contributed by atoms with Crippen molar-refractivity contribution in [2.45, 2.75) is 65.8 Å². The van der Waals surface area contributed by atoms with Gasteiger partial charge in [0.05, 0.1) is 0 Å². The molecule has 1 aromatic carbocycles. The second kappa shape index (κ2) is 7.45. The van der Waals surface area contributed by atoms with Crippen LogP contribution in [0.2, 0.25) is 0 Å². The van der Waals surface area contributed by atoms with Gasteiger partial charge < -0.3 is 5.32 Å². The van der Waals surface area contributed by atoms with E-state index in [4.69, 9.17) is 0 Å². The average Bonchev–Trinajstić information content (AvgIpc) is 2.48. The van der Waals surface area contributed by atoms with Crippen molar-refractivity contribution in [3.05, 3.63) is 35.9 Å². The first-order valence-electron chi connectivity index (χ1n) is 8.77. The van der Waals surface area contributed by atoms with E-state index in [1.807, 2.05) is 0 Å². The van der Waals surface area contributed by atoms with Crippen LogP contribution in [0.4, 0.5) is 0 Å². The average molecular weight is 287 g/mol. The monoisotopic (exact) mass is 287 g/mol. The summed E-state index contributed by atoms with van der Waals surface area (Å²) in [7, 11) is 0. The number of hydrogen-bond donors (Lipinski definition) is 1. The zero-order chi connectivity index (χ0) is 15.3. The Morgan fingerprint density at radius 3 is 2.24 bits per heavy atom. The van der Waals surface area contributed by atoms with E-state index in [1.165, 1.54) is 37.7 Å². The summed E-state index contributed by atoms with van der Waals surface area (Å²) in [6, 6.07) is 11.6. The van der Waals surface area contributed by atoms with Gasteiger partial charge in [-0.2, -0.15) is 0 Å². The fourth-order valence-electron chi connectivity index (χ4n) is 3.29. The highest BCUT2D eigenvalue weighted by atomic mass is 14.9. The smallest absolute Gasteiger partial charge is 0.0348 e. The molecule has 0 amide bonds. The maximum Gasteiger partial charge on any atom is 0.0348 e. The quantitative estimate of drug-likeness (QED) is 0.745. The van der Waals surface area contributed by atoms with Crippen molar-refractivity contribution in [2.24, 2.45) is 17.3 Å². The summed E-state index contributed by atoms with van der Waals surface area (Å²) >= 11 is 0. The lowest BCUT2D eigenvalue weighted by Gasteiger charge is -2.34. The van der Waals surface area contributed by atoms with Crippen LogP contribution in [-0.2, 0) is 0 Å². The molecule has 0 aliphatic heterocycles. The third kappa shape index (κ3) is 4.85. The highest BCUT2D eigenvalue weighted by Crippen LogP contribution is 2.35. The third-order valence-electron chi connectivity index (χ3n) is 5.40. The van der Waals surface area contributed by atoms with Gasteiger partial charge in [0.2, 0.25) is 0 Å². The highest BCUT2D eigenvalue weighted by Gasteiger charge is 2.27. The Bertz CT molecular complexity index is 398. The summed E-state index contributed by atoms with van der Waals surface area (Å²) < 4.78 is 0. The molecule has 1 fully saturated rings. The molecule has 1 saturated carbocycles. The molecule has 1 aromatic rings. The minimum Gasteiger partial charge on any atom is -0.309 e. The summed E-state index contributed by atoms with van der Waals surface area (Å²) in [5, 5.41) is 3.91.